The molecular weight excluding hydrogens is 442 g/mol. The first-order chi connectivity index (χ1) is 15.2. The molecule has 1 aliphatic rings. The highest BCUT2D eigenvalue weighted by Gasteiger charge is 2.47. The number of piperidine rings is 1. The Kier molecular flexibility index (Phi) is 6.05. The average molecular weight is 463 g/mol. The minimum Gasteiger partial charge on any atom is -0.438 e. The number of anilines is 1. The van der Waals surface area contributed by atoms with E-state index in [-0.39, 0.29) is 36.3 Å². The molecule has 0 bridgehead atoms. The second-order valence-electron chi connectivity index (χ2n) is 7.77. The number of aryl methyl sites for hydroxylation is 1. The quantitative estimate of drug-likeness (QED) is 0.610. The smallest absolute Gasteiger partial charge is 0.277 e. The van der Waals surface area contributed by atoms with Crippen molar-refractivity contribution in [2.24, 2.45) is 5.92 Å². The Morgan fingerprint density at radius 2 is 2.06 bits per heavy atom. The van der Waals surface area contributed by atoms with Crippen LogP contribution in [0.25, 0.3) is 11.5 Å². The van der Waals surface area contributed by atoms with Gasteiger partial charge < -0.3 is 14.6 Å². The van der Waals surface area contributed by atoms with Crippen LogP contribution in [0.3, 0.4) is 0 Å². The Labute approximate surface area is 188 Å². The summed E-state index contributed by atoms with van der Waals surface area (Å²) in [6.45, 7) is 2.74. The van der Waals surface area contributed by atoms with Gasteiger partial charge in [0.2, 0.25) is 5.95 Å². The van der Waals surface area contributed by atoms with Crippen molar-refractivity contribution in [1.29, 1.82) is 0 Å². The monoisotopic (exact) mass is 462 g/mol. The van der Waals surface area contributed by atoms with E-state index in [2.05, 4.69) is 25.3 Å². The van der Waals surface area contributed by atoms with Crippen LogP contribution in [0.2, 0.25) is 5.02 Å². The summed E-state index contributed by atoms with van der Waals surface area (Å²) in [5.41, 5.74) is 0.358. The minimum atomic E-state index is -3.02. The second kappa shape index (κ2) is 8.78. The lowest BCUT2D eigenvalue weighted by Gasteiger charge is -2.43. The van der Waals surface area contributed by atoms with Crippen molar-refractivity contribution in [3.8, 4) is 11.5 Å². The van der Waals surface area contributed by atoms with Gasteiger partial charge in [0.25, 0.3) is 11.8 Å². The summed E-state index contributed by atoms with van der Waals surface area (Å²) >= 11 is 5.81. The molecule has 0 unspecified atom stereocenters. The number of amides is 1. The molecule has 0 aromatic carbocycles. The highest BCUT2D eigenvalue weighted by atomic mass is 35.5. The van der Waals surface area contributed by atoms with E-state index in [0.717, 1.165) is 4.90 Å². The Morgan fingerprint density at radius 3 is 2.75 bits per heavy atom. The topological polar surface area (TPSA) is 97.0 Å². The number of hydrogen-bond acceptors (Lipinski definition) is 7. The van der Waals surface area contributed by atoms with Gasteiger partial charge in [0, 0.05) is 26.1 Å². The van der Waals surface area contributed by atoms with Crippen LogP contribution in [-0.2, 0) is 0 Å². The molecule has 8 nitrogen and oxygen atoms in total. The van der Waals surface area contributed by atoms with Crippen molar-refractivity contribution in [2.45, 2.75) is 32.2 Å². The number of nitrogens with one attached hydrogen (secondary N) is 1. The van der Waals surface area contributed by atoms with Crippen LogP contribution in [0.5, 0.6) is 0 Å². The van der Waals surface area contributed by atoms with E-state index in [4.69, 9.17) is 16.0 Å². The van der Waals surface area contributed by atoms with Gasteiger partial charge >= 0.3 is 0 Å². The predicted molar refractivity (Wildman–Crippen MR) is 114 cm³/mol. The van der Waals surface area contributed by atoms with Crippen molar-refractivity contribution < 1.29 is 18.0 Å². The molecule has 0 radical (unpaired) electrons. The molecule has 1 aliphatic heterocycles. The second-order valence-corrected chi connectivity index (χ2v) is 8.21. The summed E-state index contributed by atoms with van der Waals surface area (Å²) in [5.74, 6) is -3.46. The Hall–Kier alpha value is -3.14. The van der Waals surface area contributed by atoms with Crippen LogP contribution in [0.1, 0.15) is 29.7 Å². The summed E-state index contributed by atoms with van der Waals surface area (Å²) in [4.78, 5) is 31.1. The third-order valence-electron chi connectivity index (χ3n) is 5.26. The zero-order valence-electron chi connectivity index (χ0n) is 17.4. The van der Waals surface area contributed by atoms with Crippen molar-refractivity contribution in [3.05, 3.63) is 53.4 Å². The van der Waals surface area contributed by atoms with Crippen LogP contribution < -0.4 is 5.32 Å². The highest BCUT2D eigenvalue weighted by Crippen LogP contribution is 2.36. The molecule has 168 valence electrons. The van der Waals surface area contributed by atoms with Crippen molar-refractivity contribution in [3.63, 3.8) is 0 Å². The van der Waals surface area contributed by atoms with Gasteiger partial charge in [-0.1, -0.05) is 24.6 Å². The third kappa shape index (κ3) is 4.69. The SMILES string of the molecule is Cc1nc(C(=O)N2CC(F)(F)C[C@@H](C)[C@H]2CNc2ncc(Cl)cn2)c(-c2ccccn2)o1. The Morgan fingerprint density at radius 1 is 1.31 bits per heavy atom. The molecule has 2 atom stereocenters. The standard InChI is InChI=1S/C21H21ClF2N6O2/c1-12-7-21(23,24)11-30(16(12)10-28-20-26-8-14(22)9-27-20)19(31)17-18(32-13(2)29-17)15-5-3-4-6-25-15/h3-6,8-9,12,16H,7,10-11H2,1-2H3,(H,26,27,28)/t12-,16-/m1/s1. The summed E-state index contributed by atoms with van der Waals surface area (Å²) in [5, 5.41) is 3.39. The first kappa shape index (κ1) is 22.1. The van der Waals surface area contributed by atoms with Gasteiger partial charge in [-0.3, -0.25) is 9.78 Å². The number of nitrogens with zero attached hydrogens (tertiary/aromatic N) is 5. The fraction of sp³-hybridized carbons (Fsp3) is 0.381. The van der Waals surface area contributed by atoms with Crippen LogP contribution in [0.4, 0.5) is 14.7 Å². The zero-order valence-corrected chi connectivity index (χ0v) is 18.2. The lowest BCUT2D eigenvalue weighted by molar-refractivity contribution is -0.0898. The Bertz CT molecular complexity index is 1090. The number of oxazole rings is 1. The van der Waals surface area contributed by atoms with E-state index in [1.807, 2.05) is 0 Å². The van der Waals surface area contributed by atoms with E-state index in [1.54, 1.807) is 38.2 Å². The van der Waals surface area contributed by atoms with Crippen molar-refractivity contribution in [2.75, 3.05) is 18.4 Å². The van der Waals surface area contributed by atoms with Crippen LogP contribution >= 0.6 is 11.6 Å². The number of halogens is 3. The molecular formula is C21H21ClF2N6O2. The predicted octanol–water partition coefficient (Wildman–Crippen LogP) is 4.09. The van der Waals surface area contributed by atoms with Gasteiger partial charge in [0.1, 0.15) is 5.69 Å². The lowest BCUT2D eigenvalue weighted by Crippen LogP contribution is -2.57. The minimum absolute atomic E-state index is 0.0427. The number of carbonyl (C=O) groups excluding carboxylic acids is 1. The van der Waals surface area contributed by atoms with Crippen LogP contribution in [-0.4, -0.2) is 55.8 Å². The van der Waals surface area contributed by atoms with Crippen LogP contribution in [0, 0.1) is 12.8 Å². The zero-order chi connectivity index (χ0) is 22.9. The number of likely N-dealkylation sites (tertiary alicyclic amines) is 1. The first-order valence-corrected chi connectivity index (χ1v) is 10.4. The molecule has 0 saturated carbocycles. The normalized spacial score (nSPS) is 20.2. The van der Waals surface area contributed by atoms with Gasteiger partial charge in [-0.05, 0) is 18.1 Å². The maximum absolute atomic E-state index is 14.5. The Balaban J connectivity index is 1.64. The molecule has 32 heavy (non-hydrogen) atoms. The largest absolute Gasteiger partial charge is 0.438 e. The summed E-state index contributed by atoms with van der Waals surface area (Å²) in [6, 6.07) is 4.59. The molecule has 1 saturated heterocycles. The molecule has 3 aromatic heterocycles. The van der Waals surface area contributed by atoms with Gasteiger partial charge in [-0.25, -0.2) is 23.7 Å². The lowest BCUT2D eigenvalue weighted by atomic mass is 9.88. The van der Waals surface area contributed by atoms with Gasteiger partial charge in [0.15, 0.2) is 17.3 Å². The number of aromatic nitrogens is 4. The van der Waals surface area contributed by atoms with Gasteiger partial charge in [-0.15, -0.1) is 0 Å². The maximum Gasteiger partial charge on any atom is 0.277 e. The summed E-state index contributed by atoms with van der Waals surface area (Å²) < 4.78 is 34.6. The molecule has 4 heterocycles. The number of hydrogen-bond donors (Lipinski definition) is 1. The van der Waals surface area contributed by atoms with Gasteiger partial charge in [0.05, 0.1) is 30.0 Å². The summed E-state index contributed by atoms with van der Waals surface area (Å²) in [6.07, 6.45) is 4.07. The molecule has 1 amide bonds. The van der Waals surface area contributed by atoms with E-state index in [1.165, 1.54) is 12.4 Å². The molecule has 1 N–H and O–H groups in total. The van der Waals surface area contributed by atoms with Crippen molar-refractivity contribution >= 4 is 23.5 Å². The van der Waals surface area contributed by atoms with E-state index >= 15 is 0 Å². The molecule has 1 fully saturated rings. The fourth-order valence-corrected chi connectivity index (χ4v) is 3.95. The molecule has 0 spiro atoms. The number of pyridine rings is 1. The molecule has 4 rings (SSSR count). The highest BCUT2D eigenvalue weighted by molar-refractivity contribution is 6.30. The van der Waals surface area contributed by atoms with Crippen molar-refractivity contribution in [1.82, 2.24) is 24.8 Å². The number of alkyl halides is 2. The van der Waals surface area contributed by atoms with E-state index in [0.29, 0.717) is 10.7 Å². The molecule has 0 aliphatic carbocycles. The van der Waals surface area contributed by atoms with E-state index in [9.17, 15) is 13.6 Å². The average Bonchev–Trinajstić information content (AvgIpc) is 3.15. The fourth-order valence-electron chi connectivity index (χ4n) is 3.86. The third-order valence-corrected chi connectivity index (χ3v) is 5.46. The molecule has 3 aromatic rings. The molecule has 11 heteroatoms. The maximum atomic E-state index is 14.5. The van der Waals surface area contributed by atoms with E-state index < -0.39 is 30.3 Å². The summed E-state index contributed by atoms with van der Waals surface area (Å²) in [7, 11) is 0. The van der Waals surface area contributed by atoms with Crippen LogP contribution in [0.15, 0.2) is 41.2 Å². The first-order valence-electron chi connectivity index (χ1n) is 10.0. The number of rotatable bonds is 5. The number of carbonyl (C=O) groups is 1. The van der Waals surface area contributed by atoms with Gasteiger partial charge in [-0.2, -0.15) is 0 Å².